The molecule has 4 heterocycles. The van der Waals surface area contributed by atoms with Gasteiger partial charge < -0.3 is 73.6 Å². The fourth-order valence-corrected chi connectivity index (χ4v) is 16.0. The number of allylic oxidation sites excluding steroid dienone is 4. The van der Waals surface area contributed by atoms with Gasteiger partial charge >= 0.3 is 5.97 Å². The first-order chi connectivity index (χ1) is 37.2. The SMILES string of the molecule is CC/C1=C\[C@H](CO)C[C@@H](C)[C@H](OC2CC(O)C(OC3OC(C)C(OC4CC(O)C(O)C(C)O4)C(OC)C3O)C(C)O2)[C@H](C)CCC[C@]2(C)C=C(C)[C@H](C)C[C@]23OC(=O)C(=C(O)[C@@]2(CC)[C@H]4[C@H](C=C(C)[C@@H]12)[C@@H](O)CC(=O)[C@@H]4C)C3=O. The van der Waals surface area contributed by atoms with Crippen molar-refractivity contribution in [1.29, 1.82) is 0 Å². The van der Waals surface area contributed by atoms with E-state index in [0.717, 1.165) is 16.7 Å². The van der Waals surface area contributed by atoms with Gasteiger partial charge in [0.15, 0.2) is 24.5 Å². The zero-order valence-electron chi connectivity index (χ0n) is 48.9. The van der Waals surface area contributed by atoms with E-state index >= 15 is 4.79 Å². The van der Waals surface area contributed by atoms with Crippen molar-refractivity contribution in [2.24, 2.45) is 58.2 Å². The third kappa shape index (κ3) is 11.2. The highest BCUT2D eigenvalue weighted by molar-refractivity contribution is 6.26. The molecule has 18 heteroatoms. The number of hydrogen-bond donors (Lipinski definition) is 7. The third-order valence-electron chi connectivity index (χ3n) is 20.4. The fraction of sp³-hybridized carbons (Fsp3) is 0.820. The predicted octanol–water partition coefficient (Wildman–Crippen LogP) is 6.25. The largest absolute Gasteiger partial charge is 0.511 e. The van der Waals surface area contributed by atoms with Crippen LogP contribution in [0.2, 0.25) is 0 Å². The molecule has 13 unspecified atom stereocenters. The van der Waals surface area contributed by atoms with E-state index in [4.69, 9.17) is 37.9 Å². The Bertz CT molecular complexity index is 2320. The lowest BCUT2D eigenvalue weighted by atomic mass is 9.47. The van der Waals surface area contributed by atoms with E-state index in [1.54, 1.807) is 20.8 Å². The van der Waals surface area contributed by atoms with Gasteiger partial charge in [0, 0.05) is 73.9 Å². The summed E-state index contributed by atoms with van der Waals surface area (Å²) in [4.78, 5) is 44.3. The second kappa shape index (κ2) is 24.3. The van der Waals surface area contributed by atoms with Gasteiger partial charge in [0.1, 0.15) is 47.6 Å². The number of methoxy groups -OCH3 is 1. The Balaban J connectivity index is 1.10. The van der Waals surface area contributed by atoms with Crippen LogP contribution in [0.4, 0.5) is 0 Å². The summed E-state index contributed by atoms with van der Waals surface area (Å²) in [6.07, 6.45) is -4.99. The molecule has 7 N–H and O–H groups in total. The average molecular weight is 1120 g/mol. The number of carbonyl (C=O) groups excluding carboxylic acids is 3. The van der Waals surface area contributed by atoms with Gasteiger partial charge in [-0.05, 0) is 90.4 Å². The Kier molecular flexibility index (Phi) is 19.1. The fourth-order valence-electron chi connectivity index (χ4n) is 16.0. The van der Waals surface area contributed by atoms with Crippen LogP contribution in [-0.2, 0) is 52.3 Å². The minimum atomic E-state index is -1.63. The molecule has 4 saturated heterocycles. The van der Waals surface area contributed by atoms with Gasteiger partial charge in [-0.2, -0.15) is 0 Å². The summed E-state index contributed by atoms with van der Waals surface area (Å²) in [5, 5.41) is 80.4. The van der Waals surface area contributed by atoms with Crippen molar-refractivity contribution < 1.29 is 88.0 Å². The van der Waals surface area contributed by atoms with Crippen LogP contribution in [0.1, 0.15) is 147 Å². The summed E-state index contributed by atoms with van der Waals surface area (Å²) in [6, 6.07) is 0. The highest BCUT2D eigenvalue weighted by atomic mass is 16.8. The molecule has 446 valence electrons. The van der Waals surface area contributed by atoms with Gasteiger partial charge in [-0.1, -0.05) is 89.8 Å². The van der Waals surface area contributed by atoms with Gasteiger partial charge in [-0.15, -0.1) is 0 Å². The highest BCUT2D eigenvalue weighted by Crippen LogP contribution is 2.64. The first kappa shape index (κ1) is 62.1. The first-order valence-corrected chi connectivity index (χ1v) is 29.5. The van der Waals surface area contributed by atoms with E-state index in [0.29, 0.717) is 32.1 Å². The normalized spacial score (nSPS) is 49.1. The van der Waals surface area contributed by atoms with Crippen LogP contribution in [0.5, 0.6) is 0 Å². The van der Waals surface area contributed by atoms with Crippen molar-refractivity contribution in [3.8, 4) is 0 Å². The van der Waals surface area contributed by atoms with Crippen LogP contribution in [0.3, 0.4) is 0 Å². The lowest BCUT2D eigenvalue weighted by molar-refractivity contribution is -0.360. The van der Waals surface area contributed by atoms with E-state index in [1.165, 1.54) is 7.11 Å². The topological polar surface area (TPSA) is 267 Å². The maximum absolute atomic E-state index is 15.7. The van der Waals surface area contributed by atoms with E-state index in [1.807, 2.05) is 54.5 Å². The minimum Gasteiger partial charge on any atom is -0.511 e. The van der Waals surface area contributed by atoms with Crippen LogP contribution in [0.15, 0.2) is 46.3 Å². The number of carbonyl (C=O) groups is 3. The van der Waals surface area contributed by atoms with Gasteiger partial charge in [-0.3, -0.25) is 9.59 Å². The molecule has 0 aromatic carbocycles. The molecule has 0 aromatic heterocycles. The number of Topliss-reactive ketones (excluding diaryl/α,β-unsaturated/α-hetero) is 2. The molecule has 2 bridgehead atoms. The van der Waals surface area contributed by atoms with Crippen molar-refractivity contribution in [3.63, 3.8) is 0 Å². The van der Waals surface area contributed by atoms with Crippen LogP contribution in [0, 0.1) is 58.2 Å². The molecule has 5 fully saturated rings. The van der Waals surface area contributed by atoms with E-state index in [-0.39, 0.29) is 73.6 Å². The molecule has 0 radical (unpaired) electrons. The highest BCUT2D eigenvalue weighted by Gasteiger charge is 2.67. The molecule has 8 rings (SSSR count). The zero-order chi connectivity index (χ0) is 58.0. The summed E-state index contributed by atoms with van der Waals surface area (Å²) in [5.74, 6) is -5.41. The van der Waals surface area contributed by atoms with Crippen molar-refractivity contribution >= 4 is 17.5 Å². The summed E-state index contributed by atoms with van der Waals surface area (Å²) in [6.45, 7) is 22.8. The summed E-state index contributed by atoms with van der Waals surface area (Å²) >= 11 is 0. The summed E-state index contributed by atoms with van der Waals surface area (Å²) in [7, 11) is 1.42. The maximum atomic E-state index is 15.7. The Morgan fingerprint density at radius 2 is 1.38 bits per heavy atom. The Morgan fingerprint density at radius 1 is 0.734 bits per heavy atom. The van der Waals surface area contributed by atoms with Gasteiger partial charge in [0.05, 0.1) is 42.7 Å². The Morgan fingerprint density at radius 3 is 2.00 bits per heavy atom. The summed E-state index contributed by atoms with van der Waals surface area (Å²) < 4.78 is 50.3. The molecule has 4 aliphatic carbocycles. The molecule has 4 aliphatic heterocycles. The van der Waals surface area contributed by atoms with Crippen LogP contribution in [-0.4, -0.2) is 165 Å². The van der Waals surface area contributed by atoms with Gasteiger partial charge in [-0.25, -0.2) is 4.79 Å². The molecule has 79 heavy (non-hydrogen) atoms. The van der Waals surface area contributed by atoms with Gasteiger partial charge in [0.25, 0.3) is 0 Å². The number of esters is 1. The summed E-state index contributed by atoms with van der Waals surface area (Å²) in [5.41, 5.74) is -1.65. The molecule has 8 aliphatic rings. The number of hydrogen-bond acceptors (Lipinski definition) is 18. The molecule has 1 spiro atoms. The molecule has 0 amide bonds. The maximum Gasteiger partial charge on any atom is 0.346 e. The lowest BCUT2D eigenvalue weighted by Gasteiger charge is -2.56. The zero-order valence-corrected chi connectivity index (χ0v) is 48.9. The van der Waals surface area contributed by atoms with Crippen molar-refractivity contribution in [1.82, 2.24) is 0 Å². The quantitative estimate of drug-likeness (QED) is 0.0724. The molecule has 1 saturated carbocycles. The minimum absolute atomic E-state index is 0.00262. The number of ketones is 2. The number of rotatable bonds is 10. The third-order valence-corrected chi connectivity index (χ3v) is 20.4. The van der Waals surface area contributed by atoms with Crippen molar-refractivity contribution in [2.45, 2.75) is 245 Å². The average Bonchev–Trinajstić information content (AvgIpc) is 3.87. The standard InChI is InChI=1S/C61H94O18/c1-14-38-21-37(27-62)19-30(5)51(76-45-24-43(66)52(35(10)74-45)78-58-50(68)54(72-13)53(36(11)75-58)77-44-23-42(65)49(67)34(9)73-44)28(3)17-16-18-59(12)25-31(6)32(7)26-61(59)56(70)46(57(71)79-61)55(69)60(15-2)47(38)29(4)20-39-41(64)22-40(63)33(8)48(39)60/h20-21,25,28,30,32-37,39,41-45,47-54,58,62,64-69H,14-19,22-24,26-27H2,1-13H3/b38-21+,55-46?/t28-,30-,32-,33+,34?,35?,36?,37-,39-,41+,42?,43?,44?,45?,47+,48-,49?,50?,51-,52?,53?,54?,58?,59-,60-,61-/m1/s1. The van der Waals surface area contributed by atoms with E-state index in [2.05, 4.69) is 26.0 Å². The number of ether oxygens (including phenoxy) is 8. The Hall–Kier alpha value is -2.95. The number of aliphatic hydroxyl groups excluding tert-OH is 7. The smallest absolute Gasteiger partial charge is 0.346 e. The lowest BCUT2D eigenvalue weighted by Crippen LogP contribution is -2.62. The molecular formula is C61H94O18. The second-order valence-corrected chi connectivity index (χ2v) is 25.5. The van der Waals surface area contributed by atoms with Crippen LogP contribution >= 0.6 is 0 Å². The molecule has 0 aromatic rings. The number of aliphatic hydroxyl groups is 7. The molecular weight excluding hydrogens is 1020 g/mol. The van der Waals surface area contributed by atoms with Crippen LogP contribution < -0.4 is 0 Å². The molecule has 18 nitrogen and oxygen atoms in total. The predicted molar refractivity (Wildman–Crippen MR) is 288 cm³/mol. The van der Waals surface area contributed by atoms with Crippen molar-refractivity contribution in [2.75, 3.05) is 13.7 Å². The first-order valence-electron chi connectivity index (χ1n) is 29.5. The van der Waals surface area contributed by atoms with Crippen LogP contribution in [0.25, 0.3) is 0 Å². The van der Waals surface area contributed by atoms with E-state index in [9.17, 15) is 45.3 Å². The van der Waals surface area contributed by atoms with Gasteiger partial charge in [0.2, 0.25) is 5.78 Å². The molecule has 26 atom stereocenters. The van der Waals surface area contributed by atoms with Crippen molar-refractivity contribution in [3.05, 3.63) is 46.3 Å². The van der Waals surface area contributed by atoms with E-state index < -0.39 is 150 Å². The second-order valence-electron chi connectivity index (χ2n) is 25.5. The monoisotopic (exact) mass is 1110 g/mol. The Labute approximate surface area is 467 Å². The number of fused-ring (bicyclic) bond motifs is 4.